The van der Waals surface area contributed by atoms with E-state index in [0.29, 0.717) is 30.3 Å². The number of benzene rings is 1. The fourth-order valence-corrected chi connectivity index (χ4v) is 3.88. The van der Waals surface area contributed by atoms with Gasteiger partial charge in [-0.3, -0.25) is 0 Å². The van der Waals surface area contributed by atoms with Crippen LogP contribution in [0.1, 0.15) is 11.1 Å². The Morgan fingerprint density at radius 3 is 2.90 bits per heavy atom. The Labute approximate surface area is 131 Å². The topological polar surface area (TPSA) is 67.4 Å². The van der Waals surface area contributed by atoms with Gasteiger partial charge in [0.05, 0.1) is 18.1 Å². The highest BCUT2D eigenvalue weighted by atomic mass is 35.5. The summed E-state index contributed by atoms with van der Waals surface area (Å²) >= 11 is 6.01. The van der Waals surface area contributed by atoms with Gasteiger partial charge in [-0.1, -0.05) is 11.6 Å². The highest BCUT2D eigenvalue weighted by Gasteiger charge is 2.20. The van der Waals surface area contributed by atoms with Crippen molar-refractivity contribution in [3.63, 3.8) is 0 Å². The number of halogens is 1. The van der Waals surface area contributed by atoms with E-state index in [-0.39, 0.29) is 10.8 Å². The molecule has 21 heavy (non-hydrogen) atoms. The van der Waals surface area contributed by atoms with Gasteiger partial charge in [-0.25, -0.2) is 13.1 Å². The molecule has 7 heteroatoms. The number of hydrogen-bond acceptors (Lipinski definition) is 4. The minimum absolute atomic E-state index is 0.135. The Bertz CT molecular complexity index is 596. The van der Waals surface area contributed by atoms with Crippen molar-refractivity contribution in [2.45, 2.75) is 18.7 Å². The van der Waals surface area contributed by atoms with Crippen molar-refractivity contribution in [3.8, 4) is 0 Å². The third kappa shape index (κ3) is 4.40. The maximum Gasteiger partial charge on any atom is 0.240 e. The van der Waals surface area contributed by atoms with Gasteiger partial charge in [-0.15, -0.1) is 0 Å². The number of sulfonamides is 1. The van der Waals surface area contributed by atoms with Crippen molar-refractivity contribution >= 4 is 21.6 Å². The molecule has 1 aliphatic rings. The second-order valence-electron chi connectivity index (χ2n) is 5.36. The standard InChI is InChI=1S/C14H21ClN2O3S/c1-10-6-14(11(2)5-13(10)15)21(18,19)17-8-12-7-16-3-4-20-9-12/h5-6,12,16-17H,3-4,7-9H2,1-2H3/t12-/m0/s1. The SMILES string of the molecule is Cc1cc(S(=O)(=O)NC[C@@H]2CNCCOC2)c(C)cc1Cl. The number of rotatable bonds is 4. The number of nitrogens with one attached hydrogen (secondary N) is 2. The van der Waals surface area contributed by atoms with Gasteiger partial charge in [-0.2, -0.15) is 0 Å². The van der Waals surface area contributed by atoms with Crippen LogP contribution in [0.4, 0.5) is 0 Å². The van der Waals surface area contributed by atoms with Crippen LogP contribution in [0.25, 0.3) is 0 Å². The average molecular weight is 333 g/mol. The van der Waals surface area contributed by atoms with Crippen LogP contribution >= 0.6 is 11.6 Å². The van der Waals surface area contributed by atoms with Gasteiger partial charge in [0.15, 0.2) is 0 Å². The zero-order chi connectivity index (χ0) is 15.5. The van der Waals surface area contributed by atoms with Crippen LogP contribution in [-0.2, 0) is 14.8 Å². The molecule has 0 aliphatic carbocycles. The molecule has 0 radical (unpaired) electrons. The Morgan fingerprint density at radius 2 is 2.14 bits per heavy atom. The van der Waals surface area contributed by atoms with E-state index in [9.17, 15) is 8.42 Å². The molecule has 2 rings (SSSR count). The summed E-state index contributed by atoms with van der Waals surface area (Å²) in [7, 11) is -3.53. The summed E-state index contributed by atoms with van der Waals surface area (Å²) < 4.78 is 33.0. The summed E-state index contributed by atoms with van der Waals surface area (Å²) in [5.74, 6) is 0.135. The maximum atomic E-state index is 12.4. The summed E-state index contributed by atoms with van der Waals surface area (Å²) in [6.45, 7) is 6.68. The summed E-state index contributed by atoms with van der Waals surface area (Å²) in [4.78, 5) is 0.284. The lowest BCUT2D eigenvalue weighted by Gasteiger charge is -2.16. The summed E-state index contributed by atoms with van der Waals surface area (Å²) in [6, 6.07) is 3.30. The molecule has 0 saturated carbocycles. The van der Waals surface area contributed by atoms with Crippen LogP contribution in [0.2, 0.25) is 5.02 Å². The monoisotopic (exact) mass is 332 g/mol. The highest BCUT2D eigenvalue weighted by molar-refractivity contribution is 7.89. The van der Waals surface area contributed by atoms with E-state index in [1.54, 1.807) is 26.0 Å². The quantitative estimate of drug-likeness (QED) is 0.876. The Balaban J connectivity index is 2.09. The van der Waals surface area contributed by atoms with Crippen molar-refractivity contribution in [3.05, 3.63) is 28.3 Å². The van der Waals surface area contributed by atoms with Crippen molar-refractivity contribution in [1.82, 2.24) is 10.0 Å². The van der Waals surface area contributed by atoms with Gasteiger partial charge in [0.1, 0.15) is 0 Å². The molecule has 1 atom stereocenters. The molecule has 1 aromatic carbocycles. The van der Waals surface area contributed by atoms with Gasteiger partial charge in [0, 0.05) is 30.6 Å². The second kappa shape index (κ2) is 7.07. The van der Waals surface area contributed by atoms with Crippen LogP contribution in [0.3, 0.4) is 0 Å². The molecule has 0 unspecified atom stereocenters. The lowest BCUT2D eigenvalue weighted by atomic mass is 10.2. The van der Waals surface area contributed by atoms with E-state index in [1.165, 1.54) is 0 Å². The van der Waals surface area contributed by atoms with Crippen LogP contribution in [-0.4, -0.2) is 41.3 Å². The molecule has 0 spiro atoms. The number of ether oxygens (including phenoxy) is 1. The van der Waals surface area contributed by atoms with Gasteiger partial charge < -0.3 is 10.1 Å². The first-order valence-electron chi connectivity index (χ1n) is 6.95. The molecular formula is C14H21ClN2O3S. The zero-order valence-electron chi connectivity index (χ0n) is 12.3. The van der Waals surface area contributed by atoms with E-state index >= 15 is 0 Å². The first kappa shape index (κ1) is 16.7. The summed E-state index contributed by atoms with van der Waals surface area (Å²) in [5, 5.41) is 3.80. The fraction of sp³-hybridized carbons (Fsp3) is 0.571. The molecule has 1 heterocycles. The van der Waals surface area contributed by atoms with Crippen LogP contribution in [0, 0.1) is 19.8 Å². The molecule has 0 bridgehead atoms. The van der Waals surface area contributed by atoms with E-state index in [1.807, 2.05) is 0 Å². The molecule has 1 saturated heterocycles. The summed E-state index contributed by atoms with van der Waals surface area (Å²) in [5.41, 5.74) is 1.40. The van der Waals surface area contributed by atoms with E-state index in [2.05, 4.69) is 10.0 Å². The normalized spacial score (nSPS) is 20.2. The minimum Gasteiger partial charge on any atom is -0.380 e. The van der Waals surface area contributed by atoms with E-state index < -0.39 is 10.0 Å². The third-order valence-corrected chi connectivity index (χ3v) is 5.49. The minimum atomic E-state index is -3.53. The van der Waals surface area contributed by atoms with Gasteiger partial charge in [-0.05, 0) is 37.1 Å². The molecule has 1 fully saturated rings. The molecule has 5 nitrogen and oxygen atoms in total. The maximum absolute atomic E-state index is 12.4. The van der Waals surface area contributed by atoms with Crippen molar-refractivity contribution in [2.24, 2.45) is 5.92 Å². The predicted octanol–water partition coefficient (Wildman–Crippen LogP) is 1.47. The average Bonchev–Trinajstić information content (AvgIpc) is 2.69. The second-order valence-corrected chi connectivity index (χ2v) is 7.51. The molecule has 0 amide bonds. The van der Waals surface area contributed by atoms with Crippen LogP contribution < -0.4 is 10.0 Å². The first-order valence-corrected chi connectivity index (χ1v) is 8.81. The van der Waals surface area contributed by atoms with E-state index in [4.69, 9.17) is 16.3 Å². The molecule has 1 aromatic rings. The van der Waals surface area contributed by atoms with Gasteiger partial charge in [0.2, 0.25) is 10.0 Å². The Morgan fingerprint density at radius 1 is 1.38 bits per heavy atom. The lowest BCUT2D eigenvalue weighted by Crippen LogP contribution is -2.35. The molecule has 2 N–H and O–H groups in total. The zero-order valence-corrected chi connectivity index (χ0v) is 13.9. The van der Waals surface area contributed by atoms with Crippen LogP contribution in [0.5, 0.6) is 0 Å². The Kier molecular flexibility index (Phi) is 5.62. The molecular weight excluding hydrogens is 312 g/mol. The number of hydrogen-bond donors (Lipinski definition) is 2. The molecule has 1 aliphatic heterocycles. The van der Waals surface area contributed by atoms with Crippen molar-refractivity contribution < 1.29 is 13.2 Å². The predicted molar refractivity (Wildman–Crippen MR) is 83.3 cm³/mol. The summed E-state index contributed by atoms with van der Waals surface area (Å²) in [6.07, 6.45) is 0. The molecule has 118 valence electrons. The number of aryl methyl sites for hydroxylation is 2. The van der Waals surface area contributed by atoms with Crippen LogP contribution in [0.15, 0.2) is 17.0 Å². The van der Waals surface area contributed by atoms with E-state index in [0.717, 1.165) is 18.7 Å². The molecule has 0 aromatic heterocycles. The highest BCUT2D eigenvalue weighted by Crippen LogP contribution is 2.23. The fourth-order valence-electron chi connectivity index (χ4n) is 2.24. The Hall–Kier alpha value is -0.660. The third-order valence-electron chi connectivity index (χ3n) is 3.52. The van der Waals surface area contributed by atoms with Gasteiger partial charge in [0.25, 0.3) is 0 Å². The van der Waals surface area contributed by atoms with Crippen molar-refractivity contribution in [2.75, 3.05) is 32.8 Å². The lowest BCUT2D eigenvalue weighted by molar-refractivity contribution is 0.124. The van der Waals surface area contributed by atoms with Crippen molar-refractivity contribution in [1.29, 1.82) is 0 Å². The van der Waals surface area contributed by atoms with Gasteiger partial charge >= 0.3 is 0 Å². The largest absolute Gasteiger partial charge is 0.380 e. The first-order chi connectivity index (χ1) is 9.90. The smallest absolute Gasteiger partial charge is 0.240 e.